The zero-order valence-corrected chi connectivity index (χ0v) is 20.3. The van der Waals surface area contributed by atoms with Crippen molar-refractivity contribution in [3.63, 3.8) is 0 Å². The summed E-state index contributed by atoms with van der Waals surface area (Å²) in [5.74, 6) is -0.266. The largest absolute Gasteiger partial charge is 0.497 e. The Morgan fingerprint density at radius 2 is 1.77 bits per heavy atom. The number of benzene rings is 3. The maximum atomic E-state index is 12.5. The lowest BCUT2D eigenvalue weighted by Crippen LogP contribution is -2.33. The number of fused-ring (bicyclic) bond motifs is 2. The molecule has 0 aromatic heterocycles. The van der Waals surface area contributed by atoms with E-state index < -0.39 is 28.6 Å². The molecule has 0 saturated heterocycles. The van der Waals surface area contributed by atoms with Gasteiger partial charge in [0.25, 0.3) is 15.9 Å². The van der Waals surface area contributed by atoms with Crippen molar-refractivity contribution in [3.05, 3.63) is 71.8 Å². The maximum Gasteiger partial charge on any atom is 0.331 e. The third-order valence-electron chi connectivity index (χ3n) is 5.62. The van der Waals surface area contributed by atoms with E-state index in [1.165, 1.54) is 17.9 Å². The second-order valence-corrected chi connectivity index (χ2v) is 9.81. The van der Waals surface area contributed by atoms with Gasteiger partial charge < -0.3 is 14.4 Å². The number of hydrogen-bond donors (Lipinski definition) is 1. The highest BCUT2D eigenvalue weighted by Gasteiger charge is 2.31. The van der Waals surface area contributed by atoms with Crippen molar-refractivity contribution in [1.29, 1.82) is 0 Å². The molecule has 1 atom stereocenters. The van der Waals surface area contributed by atoms with E-state index in [9.17, 15) is 18.0 Å². The van der Waals surface area contributed by atoms with Crippen molar-refractivity contribution in [2.75, 3.05) is 20.8 Å². The van der Waals surface area contributed by atoms with Crippen LogP contribution in [0.5, 0.6) is 5.75 Å². The number of sulfonamides is 1. The average molecular weight is 496 g/mol. The van der Waals surface area contributed by atoms with Gasteiger partial charge in [0.05, 0.1) is 12.0 Å². The minimum absolute atomic E-state index is 0.0717. The number of rotatable bonds is 7. The fraction of sp³-hybridized carbons (Fsp3) is 0.240. The smallest absolute Gasteiger partial charge is 0.331 e. The molecule has 0 radical (unpaired) electrons. The Kier molecular flexibility index (Phi) is 6.74. The minimum atomic E-state index is -3.71. The van der Waals surface area contributed by atoms with E-state index in [2.05, 4.69) is 9.71 Å². The quantitative estimate of drug-likeness (QED) is 0.504. The van der Waals surface area contributed by atoms with E-state index >= 15 is 0 Å². The Hall–Kier alpha value is -3.92. The number of hydrogen-bond acceptors (Lipinski definition) is 7. The Labute approximate surface area is 203 Å². The van der Waals surface area contributed by atoms with Crippen LogP contribution in [0.2, 0.25) is 0 Å². The number of aliphatic imine (C=N–C) groups is 1. The fourth-order valence-corrected chi connectivity index (χ4v) is 4.94. The Bertz CT molecular complexity index is 1430. The predicted molar refractivity (Wildman–Crippen MR) is 131 cm³/mol. The van der Waals surface area contributed by atoms with E-state index in [0.717, 1.165) is 22.1 Å². The molecule has 1 N–H and O–H groups in total. The Morgan fingerprint density at radius 3 is 2.54 bits per heavy atom. The first kappa shape index (κ1) is 24.2. The van der Waals surface area contributed by atoms with Crippen molar-refractivity contribution in [2.45, 2.75) is 24.4 Å². The second-order valence-electron chi connectivity index (χ2n) is 8.16. The molecule has 182 valence electrons. The van der Waals surface area contributed by atoms with Crippen LogP contribution in [-0.2, 0) is 30.9 Å². The lowest BCUT2D eigenvalue weighted by Gasteiger charge is -2.18. The number of amides is 1. The van der Waals surface area contributed by atoms with Gasteiger partial charge in [0, 0.05) is 19.2 Å². The zero-order valence-electron chi connectivity index (χ0n) is 19.5. The summed E-state index contributed by atoms with van der Waals surface area (Å²) in [6.07, 6.45) is 0. The van der Waals surface area contributed by atoms with Gasteiger partial charge in [-0.25, -0.2) is 13.2 Å². The fourth-order valence-electron chi connectivity index (χ4n) is 3.70. The summed E-state index contributed by atoms with van der Waals surface area (Å²) in [7, 11) is -0.466. The van der Waals surface area contributed by atoms with Crippen LogP contribution in [0, 0.1) is 0 Å². The summed E-state index contributed by atoms with van der Waals surface area (Å²) < 4.78 is 37.1. The molecule has 0 bridgehead atoms. The third-order valence-corrected chi connectivity index (χ3v) is 7.02. The van der Waals surface area contributed by atoms with Gasteiger partial charge in [-0.15, -0.1) is 0 Å². The average Bonchev–Trinajstić information content (AvgIpc) is 3.11. The number of methoxy groups -OCH3 is 1. The van der Waals surface area contributed by atoms with E-state index in [1.807, 2.05) is 36.4 Å². The van der Waals surface area contributed by atoms with Crippen molar-refractivity contribution in [1.82, 2.24) is 9.62 Å². The van der Waals surface area contributed by atoms with Gasteiger partial charge in [-0.2, -0.15) is 0 Å². The highest BCUT2D eigenvalue weighted by atomic mass is 32.2. The van der Waals surface area contributed by atoms with Crippen molar-refractivity contribution in [2.24, 2.45) is 4.99 Å². The predicted octanol–water partition coefficient (Wildman–Crippen LogP) is 2.48. The molecule has 1 aliphatic rings. The van der Waals surface area contributed by atoms with Crippen molar-refractivity contribution in [3.8, 4) is 5.75 Å². The number of likely N-dealkylation sites (N-methyl/N-ethyl adjacent to an activating group) is 1. The van der Waals surface area contributed by atoms with Crippen LogP contribution in [0.1, 0.15) is 18.1 Å². The third kappa shape index (κ3) is 5.27. The summed E-state index contributed by atoms with van der Waals surface area (Å²) in [6.45, 7) is 1.37. The number of carbonyl (C=O) groups excluding carboxylic acids is 2. The molecule has 0 aliphatic carbocycles. The molecule has 1 aliphatic heterocycles. The Balaban J connectivity index is 1.34. The van der Waals surface area contributed by atoms with Gasteiger partial charge in [-0.3, -0.25) is 14.5 Å². The van der Waals surface area contributed by atoms with E-state index in [0.29, 0.717) is 12.1 Å². The number of nitrogens with one attached hydrogen (secondary N) is 1. The lowest BCUT2D eigenvalue weighted by atomic mass is 10.1. The van der Waals surface area contributed by atoms with Gasteiger partial charge in [0.2, 0.25) is 0 Å². The standard InChI is InChI=1S/C25H25N3O6S/c1-16(26-24-21-6-4-5-7-22(21)35(31,32)27-24)25(30)34-15-23(29)28(2)14-17-8-9-19-13-20(33-3)11-10-18(19)12-17/h4-13,16H,14-15H2,1-3H3,(H,26,27)/t16-/m0/s1. The zero-order chi connectivity index (χ0) is 25.2. The first-order valence-corrected chi connectivity index (χ1v) is 12.3. The molecule has 0 spiro atoms. The van der Waals surface area contributed by atoms with Gasteiger partial charge in [0.1, 0.15) is 17.6 Å². The van der Waals surface area contributed by atoms with Crippen LogP contribution in [0.3, 0.4) is 0 Å². The van der Waals surface area contributed by atoms with Crippen molar-refractivity contribution < 1.29 is 27.5 Å². The van der Waals surface area contributed by atoms with Crippen LogP contribution in [0.25, 0.3) is 10.8 Å². The van der Waals surface area contributed by atoms with Gasteiger partial charge >= 0.3 is 5.97 Å². The summed E-state index contributed by atoms with van der Waals surface area (Å²) in [4.78, 5) is 30.7. The Morgan fingerprint density at radius 1 is 1.06 bits per heavy atom. The van der Waals surface area contributed by atoms with E-state index in [-0.39, 0.29) is 16.6 Å². The number of carbonyl (C=O) groups is 2. The molecule has 1 amide bonds. The summed E-state index contributed by atoms with van der Waals surface area (Å²) in [5, 5.41) is 2.05. The first-order valence-electron chi connectivity index (χ1n) is 10.9. The monoisotopic (exact) mass is 495 g/mol. The molecule has 3 aromatic carbocycles. The summed E-state index contributed by atoms with van der Waals surface area (Å²) in [5.41, 5.74) is 1.31. The summed E-state index contributed by atoms with van der Waals surface area (Å²) >= 11 is 0. The molecule has 0 unspecified atom stereocenters. The number of esters is 1. The van der Waals surface area contributed by atoms with Crippen LogP contribution in [0.4, 0.5) is 0 Å². The molecule has 0 saturated carbocycles. The number of ether oxygens (including phenoxy) is 2. The normalized spacial score (nSPS) is 15.8. The van der Waals surface area contributed by atoms with Gasteiger partial charge in [-0.05, 0) is 53.6 Å². The van der Waals surface area contributed by atoms with Crippen LogP contribution < -0.4 is 9.46 Å². The first-order chi connectivity index (χ1) is 16.7. The number of nitrogens with zero attached hydrogens (tertiary/aromatic N) is 2. The molecule has 10 heteroatoms. The molecule has 1 heterocycles. The van der Waals surface area contributed by atoms with Gasteiger partial charge in [0.15, 0.2) is 6.61 Å². The van der Waals surface area contributed by atoms with Crippen LogP contribution in [-0.4, -0.2) is 57.8 Å². The molecule has 4 rings (SSSR count). The SMILES string of the molecule is COc1ccc2cc(CN(C)C(=O)COC(=O)[C@H](C)N=C3NS(=O)(=O)c4ccccc43)ccc2c1. The minimum Gasteiger partial charge on any atom is -0.497 e. The lowest BCUT2D eigenvalue weighted by molar-refractivity contribution is -0.152. The number of amidine groups is 1. The molecule has 9 nitrogen and oxygen atoms in total. The van der Waals surface area contributed by atoms with Crippen LogP contribution in [0.15, 0.2) is 70.6 Å². The molecule has 3 aromatic rings. The highest BCUT2D eigenvalue weighted by Crippen LogP contribution is 2.23. The van der Waals surface area contributed by atoms with Crippen molar-refractivity contribution >= 4 is 38.5 Å². The summed E-state index contributed by atoms with van der Waals surface area (Å²) in [6, 6.07) is 17.0. The molecular formula is C25H25N3O6S. The van der Waals surface area contributed by atoms with E-state index in [4.69, 9.17) is 9.47 Å². The molecule has 35 heavy (non-hydrogen) atoms. The topological polar surface area (TPSA) is 114 Å². The maximum absolute atomic E-state index is 12.5. The highest BCUT2D eigenvalue weighted by molar-refractivity contribution is 7.90. The van der Waals surface area contributed by atoms with Gasteiger partial charge in [-0.1, -0.05) is 30.3 Å². The van der Waals surface area contributed by atoms with Crippen LogP contribution >= 0.6 is 0 Å². The molecule has 0 fully saturated rings. The van der Waals surface area contributed by atoms with E-state index in [1.54, 1.807) is 32.4 Å². The second kappa shape index (κ2) is 9.75. The molecular weight excluding hydrogens is 470 g/mol.